The van der Waals surface area contributed by atoms with E-state index in [4.69, 9.17) is 14.2 Å². The van der Waals surface area contributed by atoms with Crippen molar-refractivity contribution in [2.24, 2.45) is 0 Å². The standard InChI is InChI=1S/C19H30N2O4/c1-13(2)21-11-15(18(12-21)25-5)20-19(22)9-7-14-6-8-16(23-3)17(10-14)24-4/h6,8,10,13,15,18H,7,9,11-12H2,1-5H3,(H,20,22)/t15-,18-/m1/s1. The fourth-order valence-corrected chi connectivity index (χ4v) is 3.18. The molecule has 0 radical (unpaired) electrons. The fraction of sp³-hybridized carbons (Fsp3) is 0.632. The maximum Gasteiger partial charge on any atom is 0.220 e. The highest BCUT2D eigenvalue weighted by molar-refractivity contribution is 5.76. The first-order chi connectivity index (χ1) is 12.0. The number of aryl methyl sites for hydroxylation is 1. The monoisotopic (exact) mass is 350 g/mol. The first kappa shape index (κ1) is 19.5. The van der Waals surface area contributed by atoms with Crippen molar-refractivity contribution in [3.05, 3.63) is 23.8 Å². The van der Waals surface area contributed by atoms with Crippen molar-refractivity contribution in [1.82, 2.24) is 10.2 Å². The van der Waals surface area contributed by atoms with E-state index in [-0.39, 0.29) is 18.1 Å². The molecule has 0 spiro atoms. The van der Waals surface area contributed by atoms with Crippen molar-refractivity contribution in [1.29, 1.82) is 0 Å². The van der Waals surface area contributed by atoms with Gasteiger partial charge in [0.25, 0.3) is 0 Å². The number of likely N-dealkylation sites (tertiary alicyclic amines) is 1. The molecule has 2 rings (SSSR count). The number of hydrogen-bond donors (Lipinski definition) is 1. The summed E-state index contributed by atoms with van der Waals surface area (Å²) < 4.78 is 16.1. The Bertz CT molecular complexity index is 577. The largest absolute Gasteiger partial charge is 0.493 e. The van der Waals surface area contributed by atoms with Crippen molar-refractivity contribution in [3.63, 3.8) is 0 Å². The summed E-state index contributed by atoms with van der Waals surface area (Å²) in [5.41, 5.74) is 1.05. The Morgan fingerprint density at radius 2 is 1.92 bits per heavy atom. The number of benzene rings is 1. The van der Waals surface area contributed by atoms with Gasteiger partial charge < -0.3 is 19.5 Å². The smallest absolute Gasteiger partial charge is 0.220 e. The second kappa shape index (κ2) is 9.06. The molecule has 1 aliphatic heterocycles. The molecule has 1 saturated heterocycles. The molecule has 1 aromatic carbocycles. The van der Waals surface area contributed by atoms with Crippen LogP contribution in [0.3, 0.4) is 0 Å². The second-order valence-corrected chi connectivity index (χ2v) is 6.69. The van der Waals surface area contributed by atoms with Gasteiger partial charge in [-0.1, -0.05) is 6.07 Å². The van der Waals surface area contributed by atoms with Crippen LogP contribution in [0.2, 0.25) is 0 Å². The molecule has 25 heavy (non-hydrogen) atoms. The maximum atomic E-state index is 12.3. The number of ether oxygens (including phenoxy) is 3. The van der Waals surface area contributed by atoms with Crippen LogP contribution >= 0.6 is 0 Å². The van der Waals surface area contributed by atoms with E-state index in [1.54, 1.807) is 21.3 Å². The zero-order chi connectivity index (χ0) is 18.4. The first-order valence-electron chi connectivity index (χ1n) is 8.75. The normalized spacial score (nSPS) is 20.7. The molecule has 1 heterocycles. The molecular weight excluding hydrogens is 320 g/mol. The number of nitrogens with zero attached hydrogens (tertiary/aromatic N) is 1. The average Bonchev–Trinajstić information content (AvgIpc) is 3.02. The summed E-state index contributed by atoms with van der Waals surface area (Å²) in [6.07, 6.45) is 1.14. The molecule has 0 aliphatic carbocycles. The minimum Gasteiger partial charge on any atom is -0.493 e. The summed E-state index contributed by atoms with van der Waals surface area (Å²) in [7, 11) is 4.93. The Kier molecular flexibility index (Phi) is 7.08. The Morgan fingerprint density at radius 3 is 2.52 bits per heavy atom. The quantitative estimate of drug-likeness (QED) is 0.775. The summed E-state index contributed by atoms with van der Waals surface area (Å²) in [6, 6.07) is 6.24. The summed E-state index contributed by atoms with van der Waals surface area (Å²) in [5.74, 6) is 1.43. The molecule has 0 unspecified atom stereocenters. The van der Waals surface area contributed by atoms with E-state index < -0.39 is 0 Å². The lowest BCUT2D eigenvalue weighted by atomic mass is 10.1. The molecule has 0 aromatic heterocycles. The van der Waals surface area contributed by atoms with Crippen molar-refractivity contribution >= 4 is 5.91 Å². The lowest BCUT2D eigenvalue weighted by molar-refractivity contribution is -0.122. The number of amides is 1. The summed E-state index contributed by atoms with van der Waals surface area (Å²) in [4.78, 5) is 14.7. The highest BCUT2D eigenvalue weighted by atomic mass is 16.5. The molecule has 140 valence electrons. The van der Waals surface area contributed by atoms with Crippen LogP contribution in [0.25, 0.3) is 0 Å². The molecule has 2 atom stereocenters. The molecule has 6 nitrogen and oxygen atoms in total. The summed E-state index contributed by atoms with van der Waals surface area (Å²) >= 11 is 0. The van der Waals surface area contributed by atoms with E-state index in [1.807, 2.05) is 18.2 Å². The van der Waals surface area contributed by atoms with Gasteiger partial charge in [-0.3, -0.25) is 9.69 Å². The Labute approximate surface area is 150 Å². The first-order valence-corrected chi connectivity index (χ1v) is 8.75. The van der Waals surface area contributed by atoms with Crippen LogP contribution in [0.15, 0.2) is 18.2 Å². The van der Waals surface area contributed by atoms with E-state index in [1.165, 1.54) is 0 Å². The van der Waals surface area contributed by atoms with Crippen LogP contribution < -0.4 is 14.8 Å². The second-order valence-electron chi connectivity index (χ2n) is 6.69. The van der Waals surface area contributed by atoms with E-state index in [2.05, 4.69) is 24.1 Å². The predicted octanol–water partition coefficient (Wildman–Crippen LogP) is 1.86. The van der Waals surface area contributed by atoms with Crippen LogP contribution in [0.1, 0.15) is 25.8 Å². The van der Waals surface area contributed by atoms with Crippen LogP contribution in [0.5, 0.6) is 11.5 Å². The molecular formula is C19H30N2O4. The highest BCUT2D eigenvalue weighted by Crippen LogP contribution is 2.28. The topological polar surface area (TPSA) is 60.0 Å². The van der Waals surface area contributed by atoms with E-state index >= 15 is 0 Å². The highest BCUT2D eigenvalue weighted by Gasteiger charge is 2.34. The summed E-state index contributed by atoms with van der Waals surface area (Å²) in [5, 5.41) is 3.12. The van der Waals surface area contributed by atoms with Gasteiger partial charge in [-0.05, 0) is 38.0 Å². The fourth-order valence-electron chi connectivity index (χ4n) is 3.18. The van der Waals surface area contributed by atoms with Crippen LogP contribution in [-0.2, 0) is 16.0 Å². The van der Waals surface area contributed by atoms with Gasteiger partial charge in [-0.25, -0.2) is 0 Å². The number of methoxy groups -OCH3 is 3. The van der Waals surface area contributed by atoms with Crippen molar-refractivity contribution in [3.8, 4) is 11.5 Å². The number of carbonyl (C=O) groups is 1. The molecule has 1 amide bonds. The van der Waals surface area contributed by atoms with Gasteiger partial charge >= 0.3 is 0 Å². The molecule has 0 saturated carbocycles. The number of hydrogen-bond acceptors (Lipinski definition) is 5. The van der Waals surface area contributed by atoms with Crippen LogP contribution in [0, 0.1) is 0 Å². The molecule has 1 N–H and O–H groups in total. The lowest BCUT2D eigenvalue weighted by Gasteiger charge is -2.20. The Balaban J connectivity index is 1.88. The van der Waals surface area contributed by atoms with Gasteiger partial charge in [0, 0.05) is 32.7 Å². The third kappa shape index (κ3) is 5.09. The number of rotatable bonds is 8. The molecule has 6 heteroatoms. The zero-order valence-corrected chi connectivity index (χ0v) is 15.9. The van der Waals surface area contributed by atoms with Crippen molar-refractivity contribution < 1.29 is 19.0 Å². The van der Waals surface area contributed by atoms with Gasteiger partial charge in [0.2, 0.25) is 5.91 Å². The van der Waals surface area contributed by atoms with Gasteiger partial charge in [0.05, 0.1) is 26.4 Å². The molecule has 1 aliphatic rings. The predicted molar refractivity (Wildman–Crippen MR) is 97.3 cm³/mol. The minimum atomic E-state index is 0.0466. The van der Waals surface area contributed by atoms with E-state index in [0.717, 1.165) is 18.7 Å². The van der Waals surface area contributed by atoms with Crippen LogP contribution in [0.4, 0.5) is 0 Å². The van der Waals surface area contributed by atoms with Crippen molar-refractivity contribution in [2.45, 2.75) is 44.9 Å². The van der Waals surface area contributed by atoms with E-state index in [9.17, 15) is 4.79 Å². The lowest BCUT2D eigenvalue weighted by Crippen LogP contribution is -2.43. The minimum absolute atomic E-state index is 0.0466. The number of carbonyl (C=O) groups excluding carboxylic acids is 1. The molecule has 1 aromatic rings. The van der Waals surface area contributed by atoms with Gasteiger partial charge in [-0.2, -0.15) is 0 Å². The Morgan fingerprint density at radius 1 is 1.20 bits per heavy atom. The van der Waals surface area contributed by atoms with E-state index in [0.29, 0.717) is 30.4 Å². The summed E-state index contributed by atoms with van der Waals surface area (Å²) in [6.45, 7) is 6.01. The average molecular weight is 350 g/mol. The Hall–Kier alpha value is -1.79. The molecule has 1 fully saturated rings. The number of nitrogens with one attached hydrogen (secondary N) is 1. The zero-order valence-electron chi connectivity index (χ0n) is 15.9. The van der Waals surface area contributed by atoms with Gasteiger partial charge in [0.15, 0.2) is 11.5 Å². The SMILES string of the molecule is COc1ccc(CCC(=O)N[C@@H]2CN(C(C)C)C[C@H]2OC)cc1OC. The van der Waals surface area contributed by atoms with Crippen molar-refractivity contribution in [2.75, 3.05) is 34.4 Å². The molecule has 0 bridgehead atoms. The maximum absolute atomic E-state index is 12.3. The van der Waals surface area contributed by atoms with Gasteiger partial charge in [0.1, 0.15) is 0 Å². The van der Waals surface area contributed by atoms with Crippen LogP contribution in [-0.4, -0.2) is 63.4 Å². The third-order valence-electron chi connectivity index (χ3n) is 4.76. The third-order valence-corrected chi connectivity index (χ3v) is 4.76. The van der Waals surface area contributed by atoms with Gasteiger partial charge in [-0.15, -0.1) is 0 Å².